The summed E-state index contributed by atoms with van der Waals surface area (Å²) in [6.07, 6.45) is -4.54. The van der Waals surface area contributed by atoms with Crippen molar-refractivity contribution in [2.45, 2.75) is 13.1 Å². The fraction of sp³-hybridized carbons (Fsp3) is 0.467. The summed E-state index contributed by atoms with van der Waals surface area (Å²) in [4.78, 5) is 26.7. The van der Waals surface area contributed by atoms with Crippen LogP contribution in [0.2, 0.25) is 5.02 Å². The third-order valence-corrected chi connectivity index (χ3v) is 3.49. The highest BCUT2D eigenvalue weighted by atomic mass is 35.5. The Kier molecular flexibility index (Phi) is 7.04. The highest BCUT2D eigenvalue weighted by Gasteiger charge is 2.31. The molecule has 134 valence electrons. The zero-order chi connectivity index (χ0) is 18.5. The van der Waals surface area contributed by atoms with Crippen molar-refractivity contribution >= 4 is 29.1 Å². The molecule has 0 fully saturated rings. The minimum Gasteiger partial charge on any atom is -0.332 e. The number of hydrogen-bond donors (Lipinski definition) is 1. The van der Waals surface area contributed by atoms with Gasteiger partial charge in [0.25, 0.3) is 0 Å². The number of likely N-dealkylation sites (N-methyl/N-ethyl adjacent to an activating group) is 1. The Hall–Kier alpha value is -1.80. The molecule has 0 saturated heterocycles. The first-order chi connectivity index (χ1) is 11.0. The van der Waals surface area contributed by atoms with Crippen molar-refractivity contribution in [3.8, 4) is 0 Å². The third-order valence-electron chi connectivity index (χ3n) is 3.16. The predicted octanol–water partition coefficient (Wildman–Crippen LogP) is 2.71. The Labute approximate surface area is 143 Å². The van der Waals surface area contributed by atoms with Gasteiger partial charge in [0, 0.05) is 20.0 Å². The van der Waals surface area contributed by atoms with Crippen LogP contribution >= 0.6 is 11.6 Å². The lowest BCUT2D eigenvalue weighted by Gasteiger charge is -2.22. The van der Waals surface area contributed by atoms with E-state index in [1.54, 1.807) is 0 Å². The number of nitrogens with one attached hydrogen (secondary N) is 1. The van der Waals surface area contributed by atoms with E-state index in [-0.39, 0.29) is 23.2 Å². The Morgan fingerprint density at radius 1 is 1.21 bits per heavy atom. The Balaban J connectivity index is 2.81. The summed E-state index contributed by atoms with van der Waals surface area (Å²) >= 11 is 5.82. The zero-order valence-electron chi connectivity index (χ0n) is 13.6. The minimum atomic E-state index is -4.54. The summed E-state index contributed by atoms with van der Waals surface area (Å²) < 4.78 is 38.1. The SMILES string of the molecule is CC(=O)N(CCN(C)C)CC(=O)Nc1cc(C(F)(F)F)ccc1Cl. The van der Waals surface area contributed by atoms with Crippen LogP contribution in [0.1, 0.15) is 12.5 Å². The molecule has 5 nitrogen and oxygen atoms in total. The number of rotatable bonds is 6. The monoisotopic (exact) mass is 365 g/mol. The maximum absolute atomic E-state index is 12.7. The molecule has 0 aliphatic heterocycles. The van der Waals surface area contributed by atoms with Gasteiger partial charge in [0.15, 0.2) is 0 Å². The highest BCUT2D eigenvalue weighted by Crippen LogP contribution is 2.33. The van der Waals surface area contributed by atoms with Crippen molar-refractivity contribution in [2.75, 3.05) is 39.0 Å². The van der Waals surface area contributed by atoms with E-state index >= 15 is 0 Å². The average molecular weight is 366 g/mol. The Morgan fingerprint density at radius 2 is 1.83 bits per heavy atom. The summed E-state index contributed by atoms with van der Waals surface area (Å²) in [5, 5.41) is 2.30. The molecule has 24 heavy (non-hydrogen) atoms. The van der Waals surface area contributed by atoms with Crippen LogP contribution < -0.4 is 5.32 Å². The summed E-state index contributed by atoms with van der Waals surface area (Å²) in [5.41, 5.74) is -1.06. The molecular formula is C15H19ClF3N3O2. The van der Waals surface area contributed by atoms with Crippen LogP contribution in [-0.2, 0) is 15.8 Å². The van der Waals surface area contributed by atoms with Gasteiger partial charge in [-0.1, -0.05) is 11.6 Å². The smallest absolute Gasteiger partial charge is 0.332 e. The van der Waals surface area contributed by atoms with E-state index in [0.717, 1.165) is 18.2 Å². The maximum atomic E-state index is 12.7. The number of benzene rings is 1. The summed E-state index contributed by atoms with van der Waals surface area (Å²) in [7, 11) is 3.64. The zero-order valence-corrected chi connectivity index (χ0v) is 14.3. The second-order valence-corrected chi connectivity index (χ2v) is 5.89. The molecule has 0 unspecified atom stereocenters. The van der Waals surface area contributed by atoms with E-state index in [1.165, 1.54) is 11.8 Å². The Morgan fingerprint density at radius 3 is 2.33 bits per heavy atom. The molecule has 0 aliphatic rings. The number of halogens is 4. The molecule has 1 aromatic carbocycles. The third kappa shape index (κ3) is 6.37. The van der Waals surface area contributed by atoms with E-state index in [4.69, 9.17) is 11.6 Å². The summed E-state index contributed by atoms with van der Waals surface area (Å²) in [6, 6.07) is 2.66. The van der Waals surface area contributed by atoms with Gasteiger partial charge in [-0.25, -0.2) is 0 Å². The lowest BCUT2D eigenvalue weighted by Crippen LogP contribution is -2.40. The number of carbonyl (C=O) groups excluding carboxylic acids is 2. The van der Waals surface area contributed by atoms with E-state index < -0.39 is 17.6 Å². The van der Waals surface area contributed by atoms with Crippen molar-refractivity contribution in [1.29, 1.82) is 0 Å². The van der Waals surface area contributed by atoms with E-state index in [0.29, 0.717) is 13.1 Å². The molecule has 0 aromatic heterocycles. The lowest BCUT2D eigenvalue weighted by molar-refractivity contribution is -0.137. The fourth-order valence-electron chi connectivity index (χ4n) is 1.83. The standard InChI is InChI=1S/C15H19ClF3N3O2/c1-10(23)22(7-6-21(2)3)9-14(24)20-13-8-11(15(17,18)19)4-5-12(13)16/h4-5,8H,6-7,9H2,1-3H3,(H,20,24). The van der Waals surface area contributed by atoms with Crippen molar-refractivity contribution in [1.82, 2.24) is 9.80 Å². The highest BCUT2D eigenvalue weighted by molar-refractivity contribution is 6.33. The van der Waals surface area contributed by atoms with E-state index in [9.17, 15) is 22.8 Å². The molecule has 9 heteroatoms. The number of amides is 2. The second kappa shape index (κ2) is 8.34. The molecule has 0 radical (unpaired) electrons. The van der Waals surface area contributed by atoms with Gasteiger partial charge in [-0.05, 0) is 32.3 Å². The van der Waals surface area contributed by atoms with Gasteiger partial charge in [0.05, 0.1) is 22.8 Å². The van der Waals surface area contributed by atoms with Crippen LogP contribution in [0, 0.1) is 0 Å². The molecule has 0 bridgehead atoms. The first kappa shape index (κ1) is 20.2. The van der Waals surface area contributed by atoms with Gasteiger partial charge in [-0.15, -0.1) is 0 Å². The fourth-order valence-corrected chi connectivity index (χ4v) is 1.99. The number of alkyl halides is 3. The number of carbonyl (C=O) groups is 2. The van der Waals surface area contributed by atoms with Gasteiger partial charge in [-0.3, -0.25) is 9.59 Å². The normalized spacial score (nSPS) is 11.5. The molecule has 2 amide bonds. The first-order valence-corrected chi connectivity index (χ1v) is 7.45. The van der Waals surface area contributed by atoms with Crippen LogP contribution in [0.4, 0.5) is 18.9 Å². The van der Waals surface area contributed by atoms with E-state index in [1.807, 2.05) is 19.0 Å². The topological polar surface area (TPSA) is 52.7 Å². The van der Waals surface area contributed by atoms with Crippen molar-refractivity contribution in [3.05, 3.63) is 28.8 Å². The Bertz CT molecular complexity index is 606. The minimum absolute atomic E-state index is 0.0148. The molecular weight excluding hydrogens is 347 g/mol. The summed E-state index contributed by atoms with van der Waals surface area (Å²) in [6.45, 7) is 1.93. The van der Waals surface area contributed by atoms with Crippen LogP contribution in [-0.4, -0.2) is 55.3 Å². The molecule has 0 heterocycles. The molecule has 0 saturated carbocycles. The van der Waals surface area contributed by atoms with Gasteiger partial charge in [-0.2, -0.15) is 13.2 Å². The van der Waals surface area contributed by atoms with Crippen molar-refractivity contribution in [3.63, 3.8) is 0 Å². The second-order valence-electron chi connectivity index (χ2n) is 5.48. The van der Waals surface area contributed by atoms with Crippen molar-refractivity contribution < 1.29 is 22.8 Å². The number of hydrogen-bond acceptors (Lipinski definition) is 3. The van der Waals surface area contributed by atoms with Crippen LogP contribution in [0.5, 0.6) is 0 Å². The summed E-state index contributed by atoms with van der Waals surface area (Å²) in [5.74, 6) is -0.924. The molecule has 0 spiro atoms. The lowest BCUT2D eigenvalue weighted by atomic mass is 10.2. The van der Waals surface area contributed by atoms with Crippen LogP contribution in [0.3, 0.4) is 0 Å². The van der Waals surface area contributed by atoms with Gasteiger partial charge >= 0.3 is 6.18 Å². The maximum Gasteiger partial charge on any atom is 0.416 e. The van der Waals surface area contributed by atoms with Crippen LogP contribution in [0.15, 0.2) is 18.2 Å². The molecule has 1 N–H and O–H groups in total. The molecule has 1 aromatic rings. The first-order valence-electron chi connectivity index (χ1n) is 7.07. The van der Waals surface area contributed by atoms with Gasteiger partial charge in [0.1, 0.15) is 0 Å². The predicted molar refractivity (Wildman–Crippen MR) is 85.9 cm³/mol. The average Bonchev–Trinajstić information content (AvgIpc) is 2.44. The molecule has 0 aliphatic carbocycles. The van der Waals surface area contributed by atoms with Gasteiger partial charge in [0.2, 0.25) is 11.8 Å². The molecule has 1 rings (SSSR count). The van der Waals surface area contributed by atoms with Crippen molar-refractivity contribution in [2.24, 2.45) is 0 Å². The molecule has 0 atom stereocenters. The quantitative estimate of drug-likeness (QED) is 0.843. The largest absolute Gasteiger partial charge is 0.416 e. The van der Waals surface area contributed by atoms with Gasteiger partial charge < -0.3 is 15.1 Å². The van der Waals surface area contributed by atoms with Crippen LogP contribution in [0.25, 0.3) is 0 Å². The number of nitrogens with zero attached hydrogens (tertiary/aromatic N) is 2. The van der Waals surface area contributed by atoms with E-state index in [2.05, 4.69) is 5.32 Å². The number of anilines is 1.